The highest BCUT2D eigenvalue weighted by molar-refractivity contribution is 6.06. The van der Waals surface area contributed by atoms with Gasteiger partial charge in [-0.25, -0.2) is 13.2 Å². The molecule has 30 heavy (non-hydrogen) atoms. The van der Waals surface area contributed by atoms with Gasteiger partial charge in [0.1, 0.15) is 12.3 Å². The molecule has 0 saturated heterocycles. The number of carbonyl (C=O) groups is 3. The number of fused-ring (bicyclic) bond motifs is 1. The quantitative estimate of drug-likeness (QED) is 0.702. The van der Waals surface area contributed by atoms with E-state index in [4.69, 9.17) is 4.74 Å². The Bertz CT molecular complexity index is 1010. The Balaban J connectivity index is 1.83. The Morgan fingerprint density at radius 2 is 1.90 bits per heavy atom. The van der Waals surface area contributed by atoms with Crippen LogP contribution in [0.5, 0.6) is 5.75 Å². The van der Waals surface area contributed by atoms with Gasteiger partial charge in [0.05, 0.1) is 11.3 Å². The van der Waals surface area contributed by atoms with Gasteiger partial charge in [0, 0.05) is 12.2 Å². The van der Waals surface area contributed by atoms with Crippen molar-refractivity contribution in [2.75, 3.05) is 29.9 Å². The van der Waals surface area contributed by atoms with E-state index in [0.29, 0.717) is 18.4 Å². The molecule has 0 spiro atoms. The second kappa shape index (κ2) is 8.85. The minimum Gasteiger partial charge on any atom is -0.482 e. The molecule has 0 aromatic heterocycles. The standard InChI is InChI=1S/C20H18F3N3O4/c1-2-7-24-16(27)9-26-14-8-11(3-6-15(14)30-10-17(26)28)25-20(29)12-4-5-13(21)19(23)18(12)22/h3-6,8H,2,7,9-10H2,1H3,(H,24,27)(H,25,29). The lowest BCUT2D eigenvalue weighted by molar-refractivity contribution is -0.125. The van der Waals surface area contributed by atoms with E-state index in [0.717, 1.165) is 12.5 Å². The average Bonchev–Trinajstić information content (AvgIpc) is 2.72. The number of nitrogens with one attached hydrogen (secondary N) is 2. The van der Waals surface area contributed by atoms with Crippen molar-refractivity contribution in [2.24, 2.45) is 0 Å². The van der Waals surface area contributed by atoms with Gasteiger partial charge >= 0.3 is 0 Å². The highest BCUT2D eigenvalue weighted by Crippen LogP contribution is 2.34. The number of benzene rings is 2. The van der Waals surface area contributed by atoms with Gasteiger partial charge < -0.3 is 15.4 Å². The lowest BCUT2D eigenvalue weighted by Crippen LogP contribution is -2.45. The summed E-state index contributed by atoms with van der Waals surface area (Å²) >= 11 is 0. The molecule has 2 aromatic carbocycles. The van der Waals surface area contributed by atoms with E-state index in [1.165, 1.54) is 23.1 Å². The summed E-state index contributed by atoms with van der Waals surface area (Å²) in [7, 11) is 0. The summed E-state index contributed by atoms with van der Waals surface area (Å²) in [6.07, 6.45) is 0.732. The minimum atomic E-state index is -1.75. The average molecular weight is 421 g/mol. The van der Waals surface area contributed by atoms with E-state index in [-0.39, 0.29) is 30.4 Å². The molecule has 2 aromatic rings. The van der Waals surface area contributed by atoms with Gasteiger partial charge in [-0.1, -0.05) is 6.92 Å². The van der Waals surface area contributed by atoms with E-state index in [2.05, 4.69) is 10.6 Å². The molecule has 7 nitrogen and oxygen atoms in total. The largest absolute Gasteiger partial charge is 0.482 e. The fraction of sp³-hybridized carbons (Fsp3) is 0.250. The maximum Gasteiger partial charge on any atom is 0.265 e. The van der Waals surface area contributed by atoms with Crippen molar-refractivity contribution in [3.05, 3.63) is 53.3 Å². The second-order valence-corrected chi connectivity index (χ2v) is 6.48. The summed E-state index contributed by atoms with van der Waals surface area (Å²) in [5.41, 5.74) is -0.309. The van der Waals surface area contributed by atoms with E-state index in [1.54, 1.807) is 0 Å². The lowest BCUT2D eigenvalue weighted by Gasteiger charge is -2.29. The maximum atomic E-state index is 13.9. The summed E-state index contributed by atoms with van der Waals surface area (Å²) in [4.78, 5) is 37.8. The van der Waals surface area contributed by atoms with Crippen LogP contribution >= 0.6 is 0 Å². The van der Waals surface area contributed by atoms with Gasteiger partial charge in [0.2, 0.25) is 5.91 Å². The summed E-state index contributed by atoms with van der Waals surface area (Å²) in [6, 6.07) is 5.73. The first kappa shape index (κ1) is 21.2. The fourth-order valence-corrected chi connectivity index (χ4v) is 2.82. The predicted octanol–water partition coefficient (Wildman–Crippen LogP) is 2.61. The van der Waals surface area contributed by atoms with E-state index < -0.39 is 34.8 Å². The third-order valence-electron chi connectivity index (χ3n) is 4.31. The van der Waals surface area contributed by atoms with E-state index >= 15 is 0 Å². The molecule has 0 saturated carbocycles. The van der Waals surface area contributed by atoms with Crippen molar-refractivity contribution in [1.29, 1.82) is 0 Å². The molecular formula is C20H18F3N3O4. The number of rotatable bonds is 6. The van der Waals surface area contributed by atoms with Gasteiger partial charge in [-0.3, -0.25) is 19.3 Å². The molecule has 0 bridgehead atoms. The first-order valence-corrected chi connectivity index (χ1v) is 9.10. The van der Waals surface area contributed by atoms with Crippen LogP contribution < -0.4 is 20.3 Å². The molecule has 158 valence electrons. The van der Waals surface area contributed by atoms with Crippen LogP contribution in [-0.2, 0) is 9.59 Å². The molecule has 3 rings (SSSR count). The van der Waals surface area contributed by atoms with Crippen molar-refractivity contribution < 1.29 is 32.3 Å². The second-order valence-electron chi connectivity index (χ2n) is 6.48. The minimum absolute atomic E-state index is 0.139. The smallest absolute Gasteiger partial charge is 0.265 e. The molecular weight excluding hydrogens is 403 g/mol. The molecule has 0 aliphatic carbocycles. The molecule has 0 radical (unpaired) electrons. The zero-order valence-electron chi connectivity index (χ0n) is 15.9. The summed E-state index contributed by atoms with van der Waals surface area (Å²) < 4.78 is 45.6. The SMILES string of the molecule is CCCNC(=O)CN1C(=O)COc2ccc(NC(=O)c3ccc(F)c(F)c3F)cc21. The van der Waals surface area contributed by atoms with Gasteiger partial charge in [-0.15, -0.1) is 0 Å². The number of hydrogen-bond acceptors (Lipinski definition) is 4. The molecule has 0 unspecified atom stereocenters. The van der Waals surface area contributed by atoms with Gasteiger partial charge in [-0.2, -0.15) is 0 Å². The molecule has 10 heteroatoms. The van der Waals surface area contributed by atoms with Crippen molar-refractivity contribution in [1.82, 2.24) is 5.32 Å². The zero-order chi connectivity index (χ0) is 21.8. The number of anilines is 2. The van der Waals surface area contributed by atoms with Crippen molar-refractivity contribution >= 4 is 29.1 Å². The molecule has 1 aliphatic rings. The topological polar surface area (TPSA) is 87.7 Å². The number of halogens is 3. The lowest BCUT2D eigenvalue weighted by atomic mass is 10.1. The monoisotopic (exact) mass is 421 g/mol. The van der Waals surface area contributed by atoms with Gasteiger partial charge in [-0.05, 0) is 36.8 Å². The Hall–Kier alpha value is -3.56. The third kappa shape index (κ3) is 4.37. The van der Waals surface area contributed by atoms with Crippen LogP contribution in [0.2, 0.25) is 0 Å². The van der Waals surface area contributed by atoms with E-state index in [9.17, 15) is 27.6 Å². The van der Waals surface area contributed by atoms with Crippen LogP contribution in [0.4, 0.5) is 24.5 Å². The number of amides is 3. The van der Waals surface area contributed by atoms with Crippen LogP contribution in [0.1, 0.15) is 23.7 Å². The highest BCUT2D eigenvalue weighted by atomic mass is 19.2. The molecule has 1 aliphatic heterocycles. The predicted molar refractivity (Wildman–Crippen MR) is 102 cm³/mol. The summed E-state index contributed by atoms with van der Waals surface area (Å²) in [5, 5.41) is 5.02. The number of carbonyl (C=O) groups excluding carboxylic acids is 3. The van der Waals surface area contributed by atoms with Crippen LogP contribution in [0.25, 0.3) is 0 Å². The summed E-state index contributed by atoms with van der Waals surface area (Å²) in [5.74, 6) is -6.29. The molecule has 0 fully saturated rings. The van der Waals surface area contributed by atoms with Crippen LogP contribution in [-0.4, -0.2) is 37.4 Å². The van der Waals surface area contributed by atoms with E-state index in [1.807, 2.05) is 6.92 Å². The summed E-state index contributed by atoms with van der Waals surface area (Å²) in [6.45, 7) is 1.85. The molecule has 2 N–H and O–H groups in total. The van der Waals surface area contributed by atoms with Crippen LogP contribution in [0, 0.1) is 17.5 Å². The number of nitrogens with zero attached hydrogens (tertiary/aromatic N) is 1. The molecule has 3 amide bonds. The Labute approximate surface area is 169 Å². The first-order chi connectivity index (χ1) is 14.3. The maximum absolute atomic E-state index is 13.9. The van der Waals surface area contributed by atoms with Gasteiger partial charge in [0.15, 0.2) is 24.1 Å². The molecule has 1 heterocycles. The van der Waals surface area contributed by atoms with Gasteiger partial charge in [0.25, 0.3) is 11.8 Å². The Kier molecular flexibility index (Phi) is 6.24. The van der Waals surface area contributed by atoms with Crippen molar-refractivity contribution in [2.45, 2.75) is 13.3 Å². The Morgan fingerprint density at radius 1 is 1.13 bits per heavy atom. The number of hydrogen-bond donors (Lipinski definition) is 2. The van der Waals surface area contributed by atoms with Crippen molar-refractivity contribution in [3.8, 4) is 5.75 Å². The van der Waals surface area contributed by atoms with Crippen molar-refractivity contribution in [3.63, 3.8) is 0 Å². The third-order valence-corrected chi connectivity index (χ3v) is 4.31. The number of ether oxygens (including phenoxy) is 1. The highest BCUT2D eigenvalue weighted by Gasteiger charge is 2.28. The van der Waals surface area contributed by atoms with Crippen LogP contribution in [0.15, 0.2) is 30.3 Å². The zero-order valence-corrected chi connectivity index (χ0v) is 15.9. The first-order valence-electron chi connectivity index (χ1n) is 9.10. The normalized spacial score (nSPS) is 12.8. The Morgan fingerprint density at radius 3 is 2.63 bits per heavy atom. The fourth-order valence-electron chi connectivity index (χ4n) is 2.82. The molecule has 0 atom stereocenters. The van der Waals surface area contributed by atoms with Crippen LogP contribution in [0.3, 0.4) is 0 Å².